The van der Waals surface area contributed by atoms with Gasteiger partial charge in [0.05, 0.1) is 6.61 Å². The van der Waals surface area contributed by atoms with Crippen LogP contribution in [0, 0.1) is 5.92 Å². The molecule has 0 saturated heterocycles. The lowest BCUT2D eigenvalue weighted by atomic mass is 9.73. The molecule has 0 aromatic heterocycles. The predicted molar refractivity (Wildman–Crippen MR) is 88.6 cm³/mol. The van der Waals surface area contributed by atoms with Crippen molar-refractivity contribution >= 4 is 18.0 Å². The zero-order valence-electron chi connectivity index (χ0n) is 13.3. The van der Waals surface area contributed by atoms with Crippen LogP contribution >= 0.6 is 0 Å². The van der Waals surface area contributed by atoms with Crippen LogP contribution in [0.25, 0.3) is 6.08 Å². The molecule has 1 aromatic rings. The fourth-order valence-corrected chi connectivity index (χ4v) is 2.74. The van der Waals surface area contributed by atoms with Gasteiger partial charge in [0.25, 0.3) is 5.91 Å². The molecule has 1 aliphatic carbocycles. The fraction of sp³-hybridized carbons (Fsp3) is 0.333. The zero-order chi connectivity index (χ0) is 17.6. The molecule has 0 radical (unpaired) electrons. The van der Waals surface area contributed by atoms with Crippen LogP contribution in [0.4, 0.5) is 0 Å². The molecule has 1 aromatic carbocycles. The molecule has 128 valence electrons. The summed E-state index contributed by atoms with van der Waals surface area (Å²) in [5.74, 6) is -1.78. The van der Waals surface area contributed by atoms with E-state index in [4.69, 9.17) is 15.2 Å². The topological polar surface area (TPSA) is 98.8 Å². The fourth-order valence-electron chi connectivity index (χ4n) is 2.74. The molecule has 0 spiro atoms. The van der Waals surface area contributed by atoms with E-state index in [1.807, 2.05) is 18.2 Å². The minimum absolute atomic E-state index is 0.119. The van der Waals surface area contributed by atoms with Crippen molar-refractivity contribution in [3.8, 4) is 0 Å². The second-order valence-corrected chi connectivity index (χ2v) is 5.46. The van der Waals surface area contributed by atoms with E-state index in [1.54, 1.807) is 18.2 Å². The monoisotopic (exact) mass is 331 g/mol. The summed E-state index contributed by atoms with van der Waals surface area (Å²) in [6.07, 6.45) is 5.12. The van der Waals surface area contributed by atoms with E-state index >= 15 is 0 Å². The maximum atomic E-state index is 11.9. The van der Waals surface area contributed by atoms with Crippen molar-refractivity contribution in [3.63, 3.8) is 0 Å². The number of ether oxygens (including phenoxy) is 2. The first-order chi connectivity index (χ1) is 11.5. The summed E-state index contributed by atoms with van der Waals surface area (Å²) in [4.78, 5) is 22.8. The SMILES string of the molecule is C=CC(=O)OCCOCCC1C=Cc2ccccc2C1(O)C(N)=O. The number of nitrogens with two attached hydrogens (primary N) is 1. The van der Waals surface area contributed by atoms with Crippen molar-refractivity contribution in [1.29, 1.82) is 0 Å². The summed E-state index contributed by atoms with van der Waals surface area (Å²) in [5.41, 5.74) is 4.99. The summed E-state index contributed by atoms with van der Waals surface area (Å²) < 4.78 is 10.2. The van der Waals surface area contributed by atoms with Crippen LogP contribution in [-0.4, -0.2) is 36.8 Å². The normalized spacial score (nSPS) is 21.8. The van der Waals surface area contributed by atoms with Gasteiger partial charge in [-0.1, -0.05) is 43.0 Å². The van der Waals surface area contributed by atoms with E-state index in [-0.39, 0.29) is 13.2 Å². The average Bonchev–Trinajstić information content (AvgIpc) is 2.59. The van der Waals surface area contributed by atoms with Crippen molar-refractivity contribution < 1.29 is 24.2 Å². The van der Waals surface area contributed by atoms with E-state index in [9.17, 15) is 14.7 Å². The molecule has 0 aliphatic heterocycles. The van der Waals surface area contributed by atoms with E-state index in [1.165, 1.54) is 0 Å². The van der Waals surface area contributed by atoms with Gasteiger partial charge in [-0.25, -0.2) is 4.79 Å². The molecule has 24 heavy (non-hydrogen) atoms. The van der Waals surface area contributed by atoms with Crippen molar-refractivity contribution in [2.75, 3.05) is 19.8 Å². The van der Waals surface area contributed by atoms with E-state index < -0.39 is 23.4 Å². The Hall–Kier alpha value is -2.44. The number of hydrogen-bond donors (Lipinski definition) is 2. The molecular weight excluding hydrogens is 310 g/mol. The van der Waals surface area contributed by atoms with Gasteiger partial charge in [-0.2, -0.15) is 0 Å². The predicted octanol–water partition coefficient (Wildman–Crippen LogP) is 1.14. The number of benzene rings is 1. The van der Waals surface area contributed by atoms with Crippen LogP contribution in [0.5, 0.6) is 0 Å². The molecule has 0 fully saturated rings. The van der Waals surface area contributed by atoms with Gasteiger partial charge in [0.1, 0.15) is 6.61 Å². The van der Waals surface area contributed by atoms with Crippen LogP contribution in [0.15, 0.2) is 43.0 Å². The molecule has 0 saturated carbocycles. The first kappa shape index (κ1) is 17.9. The number of fused-ring (bicyclic) bond motifs is 1. The lowest BCUT2D eigenvalue weighted by Gasteiger charge is -2.36. The van der Waals surface area contributed by atoms with Gasteiger partial charge in [-0.3, -0.25) is 4.79 Å². The highest BCUT2D eigenvalue weighted by Gasteiger charge is 2.45. The van der Waals surface area contributed by atoms with Crippen molar-refractivity contribution in [3.05, 3.63) is 54.1 Å². The van der Waals surface area contributed by atoms with Crippen LogP contribution in [-0.2, 0) is 24.7 Å². The summed E-state index contributed by atoms with van der Waals surface area (Å²) >= 11 is 0. The Morgan fingerprint density at radius 3 is 2.75 bits per heavy atom. The number of amides is 1. The maximum Gasteiger partial charge on any atom is 0.330 e. The third-order valence-electron chi connectivity index (χ3n) is 4.00. The Bertz CT molecular complexity index is 655. The van der Waals surface area contributed by atoms with E-state index in [0.29, 0.717) is 18.6 Å². The molecule has 6 heteroatoms. The Kier molecular flexibility index (Phi) is 5.89. The molecule has 0 bridgehead atoms. The second kappa shape index (κ2) is 7.90. The lowest BCUT2D eigenvalue weighted by molar-refractivity contribution is -0.143. The molecule has 2 atom stereocenters. The summed E-state index contributed by atoms with van der Waals surface area (Å²) in [6, 6.07) is 7.11. The number of hydrogen-bond acceptors (Lipinski definition) is 5. The maximum absolute atomic E-state index is 11.9. The smallest absolute Gasteiger partial charge is 0.330 e. The first-order valence-electron chi connectivity index (χ1n) is 7.67. The van der Waals surface area contributed by atoms with Crippen LogP contribution < -0.4 is 5.73 Å². The molecule has 2 rings (SSSR count). The molecule has 1 aliphatic rings. The lowest BCUT2D eigenvalue weighted by Crippen LogP contribution is -2.48. The van der Waals surface area contributed by atoms with Crippen LogP contribution in [0.2, 0.25) is 0 Å². The van der Waals surface area contributed by atoms with E-state index in [2.05, 4.69) is 6.58 Å². The highest BCUT2D eigenvalue weighted by Crippen LogP contribution is 2.39. The number of esters is 1. The Morgan fingerprint density at radius 2 is 2.04 bits per heavy atom. The molecule has 2 unspecified atom stereocenters. The van der Waals surface area contributed by atoms with Gasteiger partial charge in [0.15, 0.2) is 5.60 Å². The molecule has 6 nitrogen and oxygen atoms in total. The van der Waals surface area contributed by atoms with E-state index in [0.717, 1.165) is 11.6 Å². The summed E-state index contributed by atoms with van der Waals surface area (Å²) in [6.45, 7) is 3.93. The Balaban J connectivity index is 1.94. The van der Waals surface area contributed by atoms with Crippen molar-refractivity contribution in [2.45, 2.75) is 12.0 Å². The highest BCUT2D eigenvalue weighted by molar-refractivity contribution is 5.88. The molecule has 0 heterocycles. The number of carbonyl (C=O) groups is 2. The summed E-state index contributed by atoms with van der Waals surface area (Å²) in [7, 11) is 0. The summed E-state index contributed by atoms with van der Waals surface area (Å²) in [5, 5.41) is 10.9. The number of primary amides is 1. The van der Waals surface area contributed by atoms with Gasteiger partial charge in [0.2, 0.25) is 0 Å². The minimum atomic E-state index is -1.76. The van der Waals surface area contributed by atoms with Crippen molar-refractivity contribution in [2.24, 2.45) is 11.7 Å². The quantitative estimate of drug-likeness (QED) is 0.423. The third kappa shape index (κ3) is 3.72. The van der Waals surface area contributed by atoms with Gasteiger partial charge < -0.3 is 20.3 Å². The van der Waals surface area contributed by atoms with Crippen LogP contribution in [0.1, 0.15) is 17.5 Å². The van der Waals surface area contributed by atoms with Gasteiger partial charge in [-0.15, -0.1) is 0 Å². The van der Waals surface area contributed by atoms with Gasteiger partial charge in [-0.05, 0) is 12.0 Å². The third-order valence-corrected chi connectivity index (χ3v) is 4.00. The Morgan fingerprint density at radius 1 is 1.29 bits per heavy atom. The van der Waals surface area contributed by atoms with Gasteiger partial charge >= 0.3 is 5.97 Å². The molecule has 1 amide bonds. The zero-order valence-corrected chi connectivity index (χ0v) is 13.3. The largest absolute Gasteiger partial charge is 0.460 e. The standard InChI is InChI=1S/C18H21NO5/c1-2-16(20)24-12-11-23-10-9-14-8-7-13-5-3-4-6-15(13)18(14,22)17(19)21/h2-8,14,22H,1,9-12H2,(H2,19,21). The number of aliphatic hydroxyl groups is 1. The average molecular weight is 331 g/mol. The highest BCUT2D eigenvalue weighted by atomic mass is 16.6. The number of rotatable bonds is 8. The van der Waals surface area contributed by atoms with Crippen molar-refractivity contribution in [1.82, 2.24) is 0 Å². The minimum Gasteiger partial charge on any atom is -0.460 e. The molecular formula is C18H21NO5. The van der Waals surface area contributed by atoms with Crippen LogP contribution in [0.3, 0.4) is 0 Å². The second-order valence-electron chi connectivity index (χ2n) is 5.46. The first-order valence-corrected chi connectivity index (χ1v) is 7.67. The molecule has 3 N–H and O–H groups in total. The van der Waals surface area contributed by atoms with Gasteiger partial charge in [0, 0.05) is 24.2 Å². The Labute approximate surface area is 140 Å². The number of carbonyl (C=O) groups excluding carboxylic acids is 2.